The number of anilines is 1. The minimum atomic E-state index is -0.224. The van der Waals surface area contributed by atoms with Gasteiger partial charge in [-0.3, -0.25) is 4.79 Å². The van der Waals surface area contributed by atoms with Gasteiger partial charge in [-0.15, -0.1) is 0 Å². The SMILES string of the molecule is CCCC(OC(C)=O)N(CC)c1ccccc1. The number of hydrogen-bond donors (Lipinski definition) is 0. The van der Waals surface area contributed by atoms with Gasteiger partial charge in [0, 0.05) is 25.6 Å². The van der Waals surface area contributed by atoms with Crippen molar-refractivity contribution in [1.29, 1.82) is 0 Å². The second kappa shape index (κ2) is 6.94. The summed E-state index contributed by atoms with van der Waals surface area (Å²) in [7, 11) is 0. The summed E-state index contributed by atoms with van der Waals surface area (Å²) < 4.78 is 5.39. The minimum Gasteiger partial charge on any atom is -0.442 e. The number of esters is 1. The van der Waals surface area contributed by atoms with Crippen LogP contribution in [0, 0.1) is 0 Å². The van der Waals surface area contributed by atoms with Crippen molar-refractivity contribution in [3.63, 3.8) is 0 Å². The maximum Gasteiger partial charge on any atom is 0.304 e. The van der Waals surface area contributed by atoms with E-state index in [1.54, 1.807) is 0 Å². The van der Waals surface area contributed by atoms with E-state index in [9.17, 15) is 4.79 Å². The van der Waals surface area contributed by atoms with E-state index in [0.717, 1.165) is 25.1 Å². The molecule has 0 heterocycles. The van der Waals surface area contributed by atoms with Crippen molar-refractivity contribution in [3.8, 4) is 0 Å². The Morgan fingerprint density at radius 1 is 1.29 bits per heavy atom. The molecule has 0 aliphatic rings. The maximum atomic E-state index is 11.1. The minimum absolute atomic E-state index is 0.162. The second-order valence-electron chi connectivity index (χ2n) is 3.97. The molecule has 1 aromatic carbocycles. The quantitative estimate of drug-likeness (QED) is 0.560. The third kappa shape index (κ3) is 4.10. The van der Waals surface area contributed by atoms with E-state index in [4.69, 9.17) is 4.74 Å². The molecule has 0 aliphatic carbocycles. The van der Waals surface area contributed by atoms with Gasteiger partial charge in [0.05, 0.1) is 0 Å². The van der Waals surface area contributed by atoms with Crippen LogP contribution in [0.2, 0.25) is 0 Å². The zero-order valence-electron chi connectivity index (χ0n) is 10.8. The van der Waals surface area contributed by atoms with Gasteiger partial charge in [-0.05, 0) is 19.1 Å². The largest absolute Gasteiger partial charge is 0.442 e. The monoisotopic (exact) mass is 235 g/mol. The molecule has 94 valence electrons. The highest BCUT2D eigenvalue weighted by molar-refractivity contribution is 5.66. The molecule has 0 bridgehead atoms. The van der Waals surface area contributed by atoms with E-state index in [0.29, 0.717) is 0 Å². The molecule has 1 unspecified atom stereocenters. The van der Waals surface area contributed by atoms with Crippen molar-refractivity contribution in [2.24, 2.45) is 0 Å². The third-order valence-corrected chi connectivity index (χ3v) is 2.61. The van der Waals surface area contributed by atoms with Gasteiger partial charge >= 0.3 is 5.97 Å². The van der Waals surface area contributed by atoms with E-state index in [2.05, 4.69) is 18.7 Å². The van der Waals surface area contributed by atoms with Crippen molar-refractivity contribution in [2.75, 3.05) is 11.4 Å². The Hall–Kier alpha value is -1.51. The van der Waals surface area contributed by atoms with Gasteiger partial charge in [0.15, 0.2) is 6.23 Å². The van der Waals surface area contributed by atoms with Gasteiger partial charge in [-0.1, -0.05) is 31.5 Å². The van der Waals surface area contributed by atoms with E-state index >= 15 is 0 Å². The van der Waals surface area contributed by atoms with Gasteiger partial charge in [-0.2, -0.15) is 0 Å². The Morgan fingerprint density at radius 2 is 1.94 bits per heavy atom. The molecule has 0 aliphatic heterocycles. The van der Waals surface area contributed by atoms with Crippen LogP contribution in [0.15, 0.2) is 30.3 Å². The molecule has 0 fully saturated rings. The van der Waals surface area contributed by atoms with Gasteiger partial charge in [0.1, 0.15) is 0 Å². The maximum absolute atomic E-state index is 11.1. The molecule has 0 saturated carbocycles. The van der Waals surface area contributed by atoms with Gasteiger partial charge in [-0.25, -0.2) is 0 Å². The summed E-state index contributed by atoms with van der Waals surface area (Å²) in [5, 5.41) is 0. The van der Waals surface area contributed by atoms with Crippen LogP contribution in [0.5, 0.6) is 0 Å². The summed E-state index contributed by atoms with van der Waals surface area (Å²) >= 11 is 0. The number of nitrogens with zero attached hydrogens (tertiary/aromatic N) is 1. The van der Waals surface area contributed by atoms with Crippen LogP contribution >= 0.6 is 0 Å². The summed E-state index contributed by atoms with van der Waals surface area (Å²) in [5.41, 5.74) is 1.09. The molecule has 0 amide bonds. The Balaban J connectivity index is 2.84. The molecule has 3 nitrogen and oxygen atoms in total. The van der Waals surface area contributed by atoms with E-state index < -0.39 is 0 Å². The van der Waals surface area contributed by atoms with Crippen molar-refractivity contribution < 1.29 is 9.53 Å². The van der Waals surface area contributed by atoms with Crippen molar-refractivity contribution in [3.05, 3.63) is 30.3 Å². The molecular formula is C14H21NO2. The Labute approximate surface area is 103 Å². The summed E-state index contributed by atoms with van der Waals surface area (Å²) in [4.78, 5) is 13.2. The number of hydrogen-bond acceptors (Lipinski definition) is 3. The summed E-state index contributed by atoms with van der Waals surface area (Å²) in [6, 6.07) is 10.0. The average molecular weight is 235 g/mol. The molecule has 1 rings (SSSR count). The zero-order chi connectivity index (χ0) is 12.7. The normalized spacial score (nSPS) is 11.9. The lowest BCUT2D eigenvalue weighted by Gasteiger charge is -2.31. The lowest BCUT2D eigenvalue weighted by molar-refractivity contribution is -0.146. The van der Waals surface area contributed by atoms with E-state index in [1.807, 2.05) is 30.3 Å². The Bertz CT molecular complexity index is 337. The first-order valence-electron chi connectivity index (χ1n) is 6.18. The third-order valence-electron chi connectivity index (χ3n) is 2.61. The summed E-state index contributed by atoms with van der Waals surface area (Å²) in [5.74, 6) is -0.224. The lowest BCUT2D eigenvalue weighted by Crippen LogP contribution is -2.38. The highest BCUT2D eigenvalue weighted by Gasteiger charge is 2.19. The molecule has 17 heavy (non-hydrogen) atoms. The number of para-hydroxylation sites is 1. The predicted octanol–water partition coefficient (Wildman–Crippen LogP) is 3.20. The molecule has 0 radical (unpaired) electrons. The fourth-order valence-corrected chi connectivity index (χ4v) is 1.89. The number of rotatable bonds is 6. The van der Waals surface area contributed by atoms with Crippen molar-refractivity contribution in [2.45, 2.75) is 39.8 Å². The molecule has 1 aromatic rings. The Kier molecular flexibility index (Phi) is 5.53. The van der Waals surface area contributed by atoms with Crippen LogP contribution in [-0.4, -0.2) is 18.7 Å². The smallest absolute Gasteiger partial charge is 0.304 e. The first kappa shape index (κ1) is 13.6. The Morgan fingerprint density at radius 3 is 2.41 bits per heavy atom. The first-order valence-corrected chi connectivity index (χ1v) is 6.18. The second-order valence-corrected chi connectivity index (χ2v) is 3.97. The first-order chi connectivity index (χ1) is 8.19. The van der Waals surface area contributed by atoms with Crippen LogP contribution in [0.1, 0.15) is 33.6 Å². The fraction of sp³-hybridized carbons (Fsp3) is 0.500. The summed E-state index contributed by atoms with van der Waals surface area (Å²) in [6.45, 7) is 6.44. The molecule has 0 spiro atoms. The number of carbonyl (C=O) groups is 1. The van der Waals surface area contributed by atoms with E-state index in [1.165, 1.54) is 6.92 Å². The summed E-state index contributed by atoms with van der Waals surface area (Å²) in [6.07, 6.45) is 1.67. The van der Waals surface area contributed by atoms with Gasteiger partial charge in [0.25, 0.3) is 0 Å². The molecule has 0 N–H and O–H groups in total. The van der Waals surface area contributed by atoms with Crippen LogP contribution in [0.3, 0.4) is 0 Å². The van der Waals surface area contributed by atoms with Crippen LogP contribution in [0.25, 0.3) is 0 Å². The van der Waals surface area contributed by atoms with Gasteiger partial charge < -0.3 is 9.64 Å². The number of ether oxygens (including phenoxy) is 1. The standard InChI is InChI=1S/C14H21NO2/c1-4-9-14(17-12(3)16)15(5-2)13-10-7-6-8-11-13/h6-8,10-11,14H,4-5,9H2,1-3H3. The van der Waals surface area contributed by atoms with Crippen molar-refractivity contribution in [1.82, 2.24) is 0 Å². The van der Waals surface area contributed by atoms with Crippen LogP contribution in [0.4, 0.5) is 5.69 Å². The highest BCUT2D eigenvalue weighted by atomic mass is 16.6. The number of carbonyl (C=O) groups excluding carboxylic acids is 1. The fourth-order valence-electron chi connectivity index (χ4n) is 1.89. The topological polar surface area (TPSA) is 29.5 Å². The molecule has 0 aromatic heterocycles. The highest BCUT2D eigenvalue weighted by Crippen LogP contribution is 2.19. The van der Waals surface area contributed by atoms with E-state index in [-0.39, 0.29) is 12.2 Å². The van der Waals surface area contributed by atoms with Gasteiger partial charge in [0.2, 0.25) is 0 Å². The number of benzene rings is 1. The predicted molar refractivity (Wildman–Crippen MR) is 69.9 cm³/mol. The van der Waals surface area contributed by atoms with Crippen LogP contribution in [-0.2, 0) is 9.53 Å². The average Bonchev–Trinajstić information content (AvgIpc) is 2.31. The van der Waals surface area contributed by atoms with Crippen LogP contribution < -0.4 is 4.90 Å². The van der Waals surface area contributed by atoms with Crippen molar-refractivity contribution >= 4 is 11.7 Å². The molecule has 0 saturated heterocycles. The lowest BCUT2D eigenvalue weighted by atomic mass is 10.2. The molecule has 3 heteroatoms. The zero-order valence-corrected chi connectivity index (χ0v) is 10.8. The molecular weight excluding hydrogens is 214 g/mol. The molecule has 1 atom stereocenters.